The Labute approximate surface area is 104 Å². The maximum Gasteiger partial charge on any atom is 0.264 e. The molecule has 86 valence electrons. The Hall–Kier alpha value is -1.99. The maximum atomic E-state index is 11.9. The first kappa shape index (κ1) is 11.5. The molecule has 0 bridgehead atoms. The maximum absolute atomic E-state index is 11.9. The fraction of sp³-hybridized carbons (Fsp3) is 0.154. The summed E-state index contributed by atoms with van der Waals surface area (Å²) in [6.07, 6.45) is 5.22. The van der Waals surface area contributed by atoms with Crippen LogP contribution in [0.1, 0.15) is 16.6 Å². The van der Waals surface area contributed by atoms with Gasteiger partial charge in [-0.15, -0.1) is 17.8 Å². The van der Waals surface area contributed by atoms with Crippen LogP contribution >= 0.6 is 11.3 Å². The van der Waals surface area contributed by atoms with E-state index in [4.69, 9.17) is 12.2 Å². The third-order valence-corrected chi connectivity index (χ3v) is 3.62. The van der Waals surface area contributed by atoms with Gasteiger partial charge < -0.3 is 11.1 Å². The molecule has 17 heavy (non-hydrogen) atoms. The Bertz CT molecular complexity index is 609. The summed E-state index contributed by atoms with van der Waals surface area (Å²) < 4.78 is 1.00. The summed E-state index contributed by atoms with van der Waals surface area (Å²) in [6, 6.07) is 7.37. The standard InChI is InChI=1S/C13H12N2OS/c1-3-8(2)15-13(16)12-11(14)9-6-4-5-7-10(9)17-12/h1,4-8H,14H2,2H3,(H,15,16). The lowest BCUT2D eigenvalue weighted by Crippen LogP contribution is -2.31. The lowest BCUT2D eigenvalue weighted by molar-refractivity contribution is 0.0953. The Morgan fingerprint density at radius 2 is 2.24 bits per heavy atom. The Morgan fingerprint density at radius 3 is 2.88 bits per heavy atom. The van der Waals surface area contributed by atoms with Crippen molar-refractivity contribution in [2.75, 3.05) is 5.73 Å². The van der Waals surface area contributed by atoms with Gasteiger partial charge in [0.2, 0.25) is 0 Å². The number of nitrogens with one attached hydrogen (secondary N) is 1. The lowest BCUT2D eigenvalue weighted by Gasteiger charge is -2.06. The number of carbonyl (C=O) groups excluding carboxylic acids is 1. The molecule has 3 N–H and O–H groups in total. The zero-order valence-corrected chi connectivity index (χ0v) is 10.2. The number of carbonyl (C=O) groups is 1. The predicted octanol–water partition coefficient (Wildman–Crippen LogP) is 2.23. The smallest absolute Gasteiger partial charge is 0.264 e. The molecule has 0 saturated carbocycles. The SMILES string of the molecule is C#CC(C)NC(=O)c1sc2ccccc2c1N. The van der Waals surface area contributed by atoms with Crippen LogP contribution in [0.2, 0.25) is 0 Å². The highest BCUT2D eigenvalue weighted by molar-refractivity contribution is 7.21. The van der Waals surface area contributed by atoms with Crippen molar-refractivity contribution in [1.29, 1.82) is 0 Å². The summed E-state index contributed by atoms with van der Waals surface area (Å²) in [5.74, 6) is 2.24. The first-order valence-corrected chi connectivity index (χ1v) is 5.99. The van der Waals surface area contributed by atoms with Crippen LogP contribution in [0, 0.1) is 12.3 Å². The van der Waals surface area contributed by atoms with Crippen LogP contribution in [0.5, 0.6) is 0 Å². The van der Waals surface area contributed by atoms with Crippen molar-refractivity contribution < 1.29 is 4.79 Å². The van der Waals surface area contributed by atoms with Crippen LogP contribution in [0.3, 0.4) is 0 Å². The number of thiophene rings is 1. The van der Waals surface area contributed by atoms with Crippen molar-refractivity contribution in [3.05, 3.63) is 29.1 Å². The zero-order valence-electron chi connectivity index (χ0n) is 9.36. The van der Waals surface area contributed by atoms with Crippen LogP contribution in [0.25, 0.3) is 10.1 Å². The van der Waals surface area contributed by atoms with Gasteiger partial charge in [0.1, 0.15) is 4.88 Å². The van der Waals surface area contributed by atoms with Crippen LogP contribution < -0.4 is 11.1 Å². The Morgan fingerprint density at radius 1 is 1.53 bits per heavy atom. The molecule has 0 spiro atoms. The quantitative estimate of drug-likeness (QED) is 0.796. The first-order chi connectivity index (χ1) is 8.13. The summed E-state index contributed by atoms with van der Waals surface area (Å²) in [5.41, 5.74) is 6.48. The van der Waals surface area contributed by atoms with Gasteiger partial charge in [-0.3, -0.25) is 4.79 Å². The molecule has 1 unspecified atom stereocenters. The number of nitrogen functional groups attached to an aromatic ring is 1. The summed E-state index contributed by atoms with van der Waals surface area (Å²) >= 11 is 1.38. The van der Waals surface area contributed by atoms with E-state index in [0.29, 0.717) is 10.6 Å². The van der Waals surface area contributed by atoms with E-state index in [9.17, 15) is 4.79 Å². The molecule has 1 amide bonds. The second kappa shape index (κ2) is 4.48. The van der Waals surface area contributed by atoms with Gasteiger partial charge in [-0.2, -0.15) is 0 Å². The molecule has 0 radical (unpaired) electrons. The lowest BCUT2D eigenvalue weighted by atomic mass is 10.2. The molecule has 0 aliphatic heterocycles. The van der Waals surface area contributed by atoms with Gasteiger partial charge in [-0.25, -0.2) is 0 Å². The monoisotopic (exact) mass is 244 g/mol. The number of terminal acetylenes is 1. The van der Waals surface area contributed by atoms with Gasteiger partial charge in [0.15, 0.2) is 0 Å². The van der Waals surface area contributed by atoms with Gasteiger partial charge in [0, 0.05) is 10.1 Å². The fourth-order valence-electron chi connectivity index (χ4n) is 1.54. The summed E-state index contributed by atoms with van der Waals surface area (Å²) in [5, 5.41) is 3.62. The van der Waals surface area contributed by atoms with E-state index in [-0.39, 0.29) is 11.9 Å². The molecule has 3 nitrogen and oxygen atoms in total. The van der Waals surface area contributed by atoms with E-state index < -0.39 is 0 Å². The van der Waals surface area contributed by atoms with Crippen LogP contribution in [0.4, 0.5) is 5.69 Å². The Kier molecular flexibility index (Phi) is 3.03. The van der Waals surface area contributed by atoms with Crippen molar-refractivity contribution in [2.24, 2.45) is 0 Å². The second-order valence-corrected chi connectivity index (χ2v) is 4.76. The highest BCUT2D eigenvalue weighted by Gasteiger charge is 2.16. The van der Waals surface area contributed by atoms with Crippen LogP contribution in [-0.4, -0.2) is 11.9 Å². The molecule has 0 aliphatic rings. The van der Waals surface area contributed by atoms with Crippen molar-refractivity contribution in [2.45, 2.75) is 13.0 Å². The molecule has 2 aromatic rings. The van der Waals surface area contributed by atoms with Crippen molar-refractivity contribution >= 4 is 33.0 Å². The molecule has 2 rings (SSSR count). The first-order valence-electron chi connectivity index (χ1n) is 5.17. The highest BCUT2D eigenvalue weighted by atomic mass is 32.1. The third-order valence-electron chi connectivity index (χ3n) is 2.44. The minimum atomic E-state index is -0.299. The molecule has 0 fully saturated rings. The van der Waals surface area contributed by atoms with E-state index >= 15 is 0 Å². The number of amides is 1. The molecule has 4 heteroatoms. The normalized spacial score (nSPS) is 12.0. The Balaban J connectivity index is 2.40. The van der Waals surface area contributed by atoms with E-state index in [0.717, 1.165) is 10.1 Å². The highest BCUT2D eigenvalue weighted by Crippen LogP contribution is 2.33. The molecule has 1 aromatic heterocycles. The molecular formula is C13H12N2OS. The second-order valence-electron chi connectivity index (χ2n) is 3.70. The summed E-state index contributed by atoms with van der Waals surface area (Å²) in [6.45, 7) is 1.75. The minimum absolute atomic E-state index is 0.214. The van der Waals surface area contributed by atoms with Crippen LogP contribution in [0.15, 0.2) is 24.3 Å². The van der Waals surface area contributed by atoms with Gasteiger partial charge in [0.05, 0.1) is 11.7 Å². The molecular weight excluding hydrogens is 232 g/mol. The van der Waals surface area contributed by atoms with E-state index in [1.165, 1.54) is 11.3 Å². The molecule has 1 aromatic carbocycles. The van der Waals surface area contributed by atoms with E-state index in [1.54, 1.807) is 6.92 Å². The number of anilines is 1. The van der Waals surface area contributed by atoms with Crippen molar-refractivity contribution in [3.63, 3.8) is 0 Å². The minimum Gasteiger partial charge on any atom is -0.397 e. The number of hydrogen-bond donors (Lipinski definition) is 2. The number of hydrogen-bond acceptors (Lipinski definition) is 3. The summed E-state index contributed by atoms with van der Waals surface area (Å²) in [4.78, 5) is 12.4. The van der Waals surface area contributed by atoms with Gasteiger partial charge >= 0.3 is 0 Å². The fourth-order valence-corrected chi connectivity index (χ4v) is 2.56. The van der Waals surface area contributed by atoms with E-state index in [2.05, 4.69) is 11.2 Å². The number of benzene rings is 1. The summed E-state index contributed by atoms with van der Waals surface area (Å²) in [7, 11) is 0. The predicted molar refractivity (Wildman–Crippen MR) is 72.0 cm³/mol. The van der Waals surface area contributed by atoms with Gasteiger partial charge in [0.25, 0.3) is 5.91 Å². The molecule has 1 atom stereocenters. The molecule has 1 heterocycles. The van der Waals surface area contributed by atoms with E-state index in [1.807, 2.05) is 24.3 Å². The van der Waals surface area contributed by atoms with Gasteiger partial charge in [-0.1, -0.05) is 24.1 Å². The van der Waals surface area contributed by atoms with Gasteiger partial charge in [-0.05, 0) is 13.0 Å². The van der Waals surface area contributed by atoms with Crippen LogP contribution in [-0.2, 0) is 0 Å². The molecule has 0 aliphatic carbocycles. The van der Waals surface area contributed by atoms with Crippen molar-refractivity contribution in [1.82, 2.24) is 5.32 Å². The number of nitrogens with two attached hydrogens (primary N) is 1. The number of rotatable bonds is 2. The molecule has 0 saturated heterocycles. The average molecular weight is 244 g/mol. The third kappa shape index (κ3) is 2.10. The topological polar surface area (TPSA) is 55.1 Å². The number of fused-ring (bicyclic) bond motifs is 1. The zero-order chi connectivity index (χ0) is 12.4. The largest absolute Gasteiger partial charge is 0.397 e. The average Bonchev–Trinajstić information content (AvgIpc) is 2.67. The van der Waals surface area contributed by atoms with Crippen molar-refractivity contribution in [3.8, 4) is 12.3 Å².